The van der Waals surface area contributed by atoms with Crippen molar-refractivity contribution in [3.63, 3.8) is 0 Å². The zero-order valence-corrected chi connectivity index (χ0v) is 14.5. The Bertz CT molecular complexity index is 598. The van der Waals surface area contributed by atoms with Gasteiger partial charge >= 0.3 is 0 Å². The normalized spacial score (nSPS) is 19.2. The Morgan fingerprint density at radius 3 is 2.09 bits per heavy atom. The van der Waals surface area contributed by atoms with Crippen LogP contribution in [-0.4, -0.2) is 17.2 Å². The molecule has 0 bridgehead atoms. The summed E-state index contributed by atoms with van der Waals surface area (Å²) >= 11 is 0. The molecular weight excluding hydrogens is 283 g/mol. The zero-order chi connectivity index (χ0) is 15.9. The molecule has 0 saturated heterocycles. The molecule has 0 atom stereocenters. The first-order valence-corrected chi connectivity index (χ1v) is 9.63. The average molecular weight is 312 g/mol. The van der Waals surface area contributed by atoms with E-state index in [9.17, 15) is 0 Å². The molecule has 0 aliphatic heterocycles. The first-order valence-electron chi connectivity index (χ1n) is 9.63. The van der Waals surface area contributed by atoms with Crippen LogP contribution in [-0.2, 0) is 0 Å². The number of oxazole rings is 1. The minimum absolute atomic E-state index is 0.592. The summed E-state index contributed by atoms with van der Waals surface area (Å²) in [6.07, 6.45) is 15.1. The van der Waals surface area contributed by atoms with Gasteiger partial charge < -0.3 is 4.42 Å². The Morgan fingerprint density at radius 1 is 0.870 bits per heavy atom. The summed E-state index contributed by atoms with van der Waals surface area (Å²) in [6.45, 7) is 2.07. The molecule has 0 amide bonds. The van der Waals surface area contributed by atoms with Crippen LogP contribution in [0, 0.1) is 0 Å². The highest BCUT2D eigenvalue weighted by Crippen LogP contribution is 2.29. The molecule has 2 heterocycles. The van der Waals surface area contributed by atoms with Crippen LogP contribution in [0.1, 0.15) is 82.2 Å². The van der Waals surface area contributed by atoms with Crippen molar-refractivity contribution in [2.24, 2.45) is 0 Å². The van der Waals surface area contributed by atoms with Crippen LogP contribution in [0.5, 0.6) is 0 Å². The molecule has 0 unspecified atom stereocenters. The maximum absolute atomic E-state index is 5.76. The number of rotatable bonds is 2. The molecule has 2 aromatic rings. The van der Waals surface area contributed by atoms with Crippen LogP contribution >= 0.6 is 0 Å². The van der Waals surface area contributed by atoms with Crippen LogP contribution in [0.3, 0.4) is 0 Å². The SMILES string of the molecule is CBc1nc2ccc(C3CCCCCCCCCCC3)nc2o1. The van der Waals surface area contributed by atoms with E-state index in [1.54, 1.807) is 0 Å². The van der Waals surface area contributed by atoms with Gasteiger partial charge in [0.15, 0.2) is 0 Å². The van der Waals surface area contributed by atoms with Crippen LogP contribution in [0.4, 0.5) is 0 Å². The number of hydrogen-bond acceptors (Lipinski definition) is 3. The van der Waals surface area contributed by atoms with Crippen molar-refractivity contribution in [2.75, 3.05) is 0 Å². The maximum Gasteiger partial charge on any atom is 0.246 e. The van der Waals surface area contributed by atoms with Crippen molar-refractivity contribution in [2.45, 2.75) is 83.4 Å². The second kappa shape index (κ2) is 8.51. The molecule has 124 valence electrons. The number of aromatic nitrogens is 2. The molecule has 3 rings (SSSR count). The summed E-state index contributed by atoms with van der Waals surface area (Å²) in [7, 11) is 0.828. The lowest BCUT2D eigenvalue weighted by atomic mass is 9.83. The molecule has 2 aromatic heterocycles. The van der Waals surface area contributed by atoms with E-state index in [1.165, 1.54) is 76.3 Å². The van der Waals surface area contributed by atoms with Gasteiger partial charge in [-0.3, -0.25) is 0 Å². The van der Waals surface area contributed by atoms with Crippen molar-refractivity contribution in [3.05, 3.63) is 17.8 Å². The maximum atomic E-state index is 5.76. The zero-order valence-electron chi connectivity index (χ0n) is 14.5. The summed E-state index contributed by atoms with van der Waals surface area (Å²) < 4.78 is 5.76. The molecule has 23 heavy (non-hydrogen) atoms. The lowest BCUT2D eigenvalue weighted by Gasteiger charge is -2.17. The van der Waals surface area contributed by atoms with Crippen molar-refractivity contribution < 1.29 is 4.42 Å². The highest BCUT2D eigenvalue weighted by Gasteiger charge is 2.15. The first kappa shape index (κ1) is 16.5. The van der Waals surface area contributed by atoms with Crippen LogP contribution < -0.4 is 5.79 Å². The predicted octanol–water partition coefficient (Wildman–Crippen LogP) is 4.72. The minimum atomic E-state index is 0.592. The number of nitrogens with zero attached hydrogens (tertiary/aromatic N) is 2. The molecule has 0 N–H and O–H groups in total. The molecular formula is C19H29BN2O. The van der Waals surface area contributed by atoms with Gasteiger partial charge in [0.2, 0.25) is 13.0 Å². The predicted molar refractivity (Wildman–Crippen MR) is 98.0 cm³/mol. The van der Waals surface area contributed by atoms with Gasteiger partial charge in [-0.15, -0.1) is 0 Å². The Labute approximate surface area is 140 Å². The second-order valence-electron chi connectivity index (χ2n) is 6.98. The van der Waals surface area contributed by atoms with E-state index in [4.69, 9.17) is 9.40 Å². The molecule has 3 nitrogen and oxygen atoms in total. The Morgan fingerprint density at radius 2 is 1.48 bits per heavy atom. The van der Waals surface area contributed by atoms with Gasteiger partial charge in [0.05, 0.1) is 0 Å². The van der Waals surface area contributed by atoms with Gasteiger partial charge in [-0.1, -0.05) is 64.6 Å². The van der Waals surface area contributed by atoms with Crippen molar-refractivity contribution in [1.29, 1.82) is 0 Å². The summed E-state index contributed by atoms with van der Waals surface area (Å²) in [6, 6.07) is 4.28. The van der Waals surface area contributed by atoms with E-state index in [0.717, 1.165) is 24.3 Å². The van der Waals surface area contributed by atoms with Gasteiger partial charge in [-0.2, -0.15) is 0 Å². The minimum Gasteiger partial charge on any atom is -0.433 e. The third-order valence-electron chi connectivity index (χ3n) is 5.15. The second-order valence-corrected chi connectivity index (χ2v) is 6.98. The van der Waals surface area contributed by atoms with E-state index in [0.29, 0.717) is 5.92 Å². The molecule has 0 aromatic carbocycles. The monoisotopic (exact) mass is 312 g/mol. The molecule has 1 aliphatic carbocycles. The summed E-state index contributed by atoms with van der Waals surface area (Å²) in [5.41, 5.74) is 2.84. The molecule has 0 spiro atoms. The highest BCUT2D eigenvalue weighted by atomic mass is 16.4. The van der Waals surface area contributed by atoms with E-state index in [2.05, 4.69) is 23.9 Å². The Hall–Kier alpha value is -1.32. The van der Waals surface area contributed by atoms with Gasteiger partial charge in [0, 0.05) is 11.6 Å². The van der Waals surface area contributed by atoms with E-state index in [-0.39, 0.29) is 0 Å². The van der Waals surface area contributed by atoms with Crippen molar-refractivity contribution >= 4 is 24.3 Å². The fourth-order valence-corrected chi connectivity index (χ4v) is 3.71. The quantitative estimate of drug-likeness (QED) is 0.753. The molecule has 4 heteroatoms. The fraction of sp³-hybridized carbons (Fsp3) is 0.684. The Kier molecular flexibility index (Phi) is 6.12. The summed E-state index contributed by atoms with van der Waals surface area (Å²) in [4.78, 5) is 9.28. The first-order chi connectivity index (χ1) is 11.4. The van der Waals surface area contributed by atoms with Crippen LogP contribution in [0.15, 0.2) is 16.5 Å². The van der Waals surface area contributed by atoms with Gasteiger partial charge in [-0.05, 0) is 25.0 Å². The standard InChI is InChI=1S/C19H29BN2O/c1-20-19-22-17-14-13-16(21-18(17)23-19)15-11-9-7-5-3-2-4-6-8-10-12-15/h13-15,20H,2-12H2,1H3. The van der Waals surface area contributed by atoms with E-state index >= 15 is 0 Å². The van der Waals surface area contributed by atoms with E-state index < -0.39 is 0 Å². The third kappa shape index (κ3) is 4.59. The topological polar surface area (TPSA) is 38.9 Å². The molecule has 1 saturated carbocycles. The third-order valence-corrected chi connectivity index (χ3v) is 5.15. The molecule has 1 aliphatic rings. The Balaban J connectivity index is 1.72. The van der Waals surface area contributed by atoms with Crippen LogP contribution in [0.2, 0.25) is 6.82 Å². The van der Waals surface area contributed by atoms with Gasteiger partial charge in [-0.25, -0.2) is 9.97 Å². The number of pyridine rings is 1. The average Bonchev–Trinajstić information content (AvgIpc) is 2.97. The molecule has 1 fully saturated rings. The smallest absolute Gasteiger partial charge is 0.246 e. The number of hydrogen-bond donors (Lipinski definition) is 0. The molecule has 0 radical (unpaired) electrons. The fourth-order valence-electron chi connectivity index (χ4n) is 3.71. The largest absolute Gasteiger partial charge is 0.433 e. The van der Waals surface area contributed by atoms with Crippen molar-refractivity contribution in [1.82, 2.24) is 9.97 Å². The van der Waals surface area contributed by atoms with Crippen molar-refractivity contribution in [3.8, 4) is 0 Å². The van der Waals surface area contributed by atoms with Gasteiger partial charge in [0.25, 0.3) is 0 Å². The number of fused-ring (bicyclic) bond motifs is 1. The van der Waals surface area contributed by atoms with Crippen LogP contribution in [0.25, 0.3) is 11.2 Å². The summed E-state index contributed by atoms with van der Waals surface area (Å²) in [5, 5.41) is 0. The summed E-state index contributed by atoms with van der Waals surface area (Å²) in [5.74, 6) is 1.39. The van der Waals surface area contributed by atoms with Gasteiger partial charge in [0.1, 0.15) is 11.3 Å². The highest BCUT2D eigenvalue weighted by molar-refractivity contribution is 6.49. The lowest BCUT2D eigenvalue weighted by molar-refractivity contribution is 0.461. The lowest BCUT2D eigenvalue weighted by Crippen LogP contribution is -2.09. The van der Waals surface area contributed by atoms with E-state index in [1.807, 2.05) is 0 Å².